The number of ketones is 1. The first-order valence-corrected chi connectivity index (χ1v) is 8.96. The van der Waals surface area contributed by atoms with Crippen LogP contribution in [0.25, 0.3) is 5.69 Å². The molecule has 1 amide bonds. The van der Waals surface area contributed by atoms with Crippen molar-refractivity contribution in [2.75, 3.05) is 5.32 Å². The van der Waals surface area contributed by atoms with E-state index in [-0.39, 0.29) is 11.7 Å². The Morgan fingerprint density at radius 3 is 2.22 bits per heavy atom. The Morgan fingerprint density at radius 2 is 1.67 bits per heavy atom. The van der Waals surface area contributed by atoms with Crippen molar-refractivity contribution in [1.29, 1.82) is 0 Å². The maximum Gasteiger partial charge on any atom is 0.224 e. The highest BCUT2D eigenvalue weighted by Crippen LogP contribution is 2.15. The zero-order valence-electron chi connectivity index (χ0n) is 15.8. The lowest BCUT2D eigenvalue weighted by Gasteiger charge is -2.08. The van der Waals surface area contributed by atoms with E-state index in [1.54, 1.807) is 24.3 Å². The lowest BCUT2D eigenvalue weighted by molar-refractivity contribution is -0.116. The molecule has 0 aliphatic rings. The van der Waals surface area contributed by atoms with E-state index in [1.165, 1.54) is 6.92 Å². The number of Topliss-reactive ketones (excluding diaryl/α,β-unsaturated/α-hetero) is 1. The Morgan fingerprint density at radius 1 is 1.00 bits per heavy atom. The molecule has 3 rings (SSSR count). The Hall–Kier alpha value is -3.21. The molecule has 5 nitrogen and oxygen atoms in total. The number of rotatable bonds is 6. The lowest BCUT2D eigenvalue weighted by Crippen LogP contribution is -2.12. The molecular weight excluding hydrogens is 338 g/mol. The van der Waals surface area contributed by atoms with Crippen LogP contribution in [0.1, 0.15) is 40.7 Å². The van der Waals surface area contributed by atoms with Crippen LogP contribution in [0.2, 0.25) is 0 Å². The number of amides is 1. The maximum atomic E-state index is 12.1. The minimum absolute atomic E-state index is 0.0109. The second-order valence-electron chi connectivity index (χ2n) is 6.69. The first kappa shape index (κ1) is 18.6. The van der Waals surface area contributed by atoms with E-state index in [0.717, 1.165) is 22.6 Å². The van der Waals surface area contributed by atoms with Gasteiger partial charge in [-0.05, 0) is 75.2 Å². The first-order chi connectivity index (χ1) is 12.9. The minimum atomic E-state index is -0.0480. The third kappa shape index (κ3) is 4.70. The number of nitrogens with one attached hydrogen (secondary N) is 1. The number of nitrogens with zero attached hydrogens (tertiary/aromatic N) is 2. The van der Waals surface area contributed by atoms with Crippen LogP contribution >= 0.6 is 0 Å². The molecule has 27 heavy (non-hydrogen) atoms. The number of carbonyl (C=O) groups is 2. The smallest absolute Gasteiger partial charge is 0.224 e. The monoisotopic (exact) mass is 361 g/mol. The van der Waals surface area contributed by atoms with E-state index in [0.29, 0.717) is 24.1 Å². The summed E-state index contributed by atoms with van der Waals surface area (Å²) in [4.78, 5) is 23.4. The SMILES string of the molecule is CC(=O)c1ccc(NC(=O)CCc2ccc(-n3nc(C)cc3C)cc2)cc1. The summed E-state index contributed by atoms with van der Waals surface area (Å²) in [6.45, 7) is 5.53. The van der Waals surface area contributed by atoms with Gasteiger partial charge in [-0.25, -0.2) is 4.68 Å². The van der Waals surface area contributed by atoms with Crippen LogP contribution in [0.5, 0.6) is 0 Å². The molecule has 5 heteroatoms. The highest BCUT2D eigenvalue weighted by molar-refractivity contribution is 5.95. The van der Waals surface area contributed by atoms with Crippen LogP contribution in [0, 0.1) is 13.8 Å². The molecule has 0 aliphatic carbocycles. The second kappa shape index (κ2) is 7.99. The first-order valence-electron chi connectivity index (χ1n) is 8.96. The van der Waals surface area contributed by atoms with E-state index < -0.39 is 0 Å². The summed E-state index contributed by atoms with van der Waals surface area (Å²) in [7, 11) is 0. The fourth-order valence-corrected chi connectivity index (χ4v) is 2.96. The summed E-state index contributed by atoms with van der Waals surface area (Å²) in [6.07, 6.45) is 1.06. The molecule has 3 aromatic rings. The molecule has 0 radical (unpaired) electrons. The molecule has 1 heterocycles. The van der Waals surface area contributed by atoms with Crippen LogP contribution in [-0.2, 0) is 11.2 Å². The fourth-order valence-electron chi connectivity index (χ4n) is 2.96. The molecule has 0 saturated heterocycles. The van der Waals surface area contributed by atoms with Crippen molar-refractivity contribution in [2.45, 2.75) is 33.6 Å². The Labute approximate surface area is 159 Å². The van der Waals surface area contributed by atoms with Gasteiger partial charge in [-0.2, -0.15) is 5.10 Å². The summed E-state index contributed by atoms with van der Waals surface area (Å²) in [6, 6.07) is 17.1. The summed E-state index contributed by atoms with van der Waals surface area (Å²) < 4.78 is 1.91. The fraction of sp³-hybridized carbons (Fsp3) is 0.227. The molecule has 0 spiro atoms. The van der Waals surface area contributed by atoms with Crippen LogP contribution in [-0.4, -0.2) is 21.5 Å². The van der Waals surface area contributed by atoms with Crippen molar-refractivity contribution in [1.82, 2.24) is 9.78 Å². The van der Waals surface area contributed by atoms with Crippen LogP contribution < -0.4 is 5.32 Å². The zero-order valence-corrected chi connectivity index (χ0v) is 15.8. The minimum Gasteiger partial charge on any atom is -0.326 e. The number of anilines is 1. The largest absolute Gasteiger partial charge is 0.326 e. The van der Waals surface area contributed by atoms with Crippen LogP contribution in [0.3, 0.4) is 0 Å². The van der Waals surface area contributed by atoms with Crippen LogP contribution in [0.15, 0.2) is 54.6 Å². The third-order valence-electron chi connectivity index (χ3n) is 4.41. The molecule has 2 aromatic carbocycles. The zero-order chi connectivity index (χ0) is 19.4. The Bertz CT molecular complexity index is 954. The second-order valence-corrected chi connectivity index (χ2v) is 6.69. The van der Waals surface area contributed by atoms with Gasteiger partial charge in [-0.3, -0.25) is 9.59 Å². The molecule has 0 bridgehead atoms. The van der Waals surface area contributed by atoms with Gasteiger partial charge in [-0.15, -0.1) is 0 Å². The number of carbonyl (C=O) groups excluding carboxylic acids is 2. The summed E-state index contributed by atoms with van der Waals surface area (Å²) in [5.41, 5.74) is 5.53. The van der Waals surface area contributed by atoms with Crippen LogP contribution in [0.4, 0.5) is 5.69 Å². The van der Waals surface area contributed by atoms with Crippen molar-refractivity contribution >= 4 is 17.4 Å². The van der Waals surface area contributed by atoms with Gasteiger partial charge in [0.1, 0.15) is 0 Å². The molecule has 1 N–H and O–H groups in total. The summed E-state index contributed by atoms with van der Waals surface area (Å²) >= 11 is 0. The van der Waals surface area contributed by atoms with E-state index in [4.69, 9.17) is 0 Å². The van der Waals surface area contributed by atoms with Gasteiger partial charge in [0, 0.05) is 23.4 Å². The van der Waals surface area contributed by atoms with E-state index in [2.05, 4.69) is 10.4 Å². The number of benzene rings is 2. The van der Waals surface area contributed by atoms with Gasteiger partial charge < -0.3 is 5.32 Å². The standard InChI is InChI=1S/C22H23N3O2/c1-15-14-16(2)25(24-15)21-11-4-18(5-12-21)6-13-22(27)23-20-9-7-19(8-10-20)17(3)26/h4-5,7-12,14H,6,13H2,1-3H3,(H,23,27). The quantitative estimate of drug-likeness (QED) is 0.667. The number of aryl methyl sites for hydroxylation is 3. The van der Waals surface area contributed by atoms with Crippen molar-refractivity contribution in [3.05, 3.63) is 77.1 Å². The average Bonchev–Trinajstić information content (AvgIpc) is 2.99. The van der Waals surface area contributed by atoms with Crippen molar-refractivity contribution in [2.24, 2.45) is 0 Å². The average molecular weight is 361 g/mol. The highest BCUT2D eigenvalue weighted by Gasteiger charge is 2.06. The normalized spacial score (nSPS) is 10.6. The molecule has 0 unspecified atom stereocenters. The van der Waals surface area contributed by atoms with Gasteiger partial charge in [0.2, 0.25) is 5.91 Å². The van der Waals surface area contributed by atoms with E-state index in [1.807, 2.05) is 48.9 Å². The predicted molar refractivity (Wildman–Crippen MR) is 106 cm³/mol. The molecule has 0 aliphatic heterocycles. The molecule has 0 fully saturated rings. The molecule has 1 aromatic heterocycles. The maximum absolute atomic E-state index is 12.1. The topological polar surface area (TPSA) is 64.0 Å². The Kier molecular flexibility index (Phi) is 5.50. The van der Waals surface area contributed by atoms with E-state index in [9.17, 15) is 9.59 Å². The molecule has 0 saturated carbocycles. The predicted octanol–water partition coefficient (Wildman–Crippen LogP) is 4.26. The van der Waals surface area contributed by atoms with Crippen molar-refractivity contribution in [3.8, 4) is 5.69 Å². The highest BCUT2D eigenvalue weighted by atomic mass is 16.1. The molecular formula is C22H23N3O2. The van der Waals surface area contributed by atoms with Crippen molar-refractivity contribution in [3.63, 3.8) is 0 Å². The van der Waals surface area contributed by atoms with Gasteiger partial charge in [-0.1, -0.05) is 12.1 Å². The van der Waals surface area contributed by atoms with Crippen molar-refractivity contribution < 1.29 is 9.59 Å². The number of hydrogen-bond acceptors (Lipinski definition) is 3. The summed E-state index contributed by atoms with van der Waals surface area (Å²) in [5.74, 6) is -0.0370. The van der Waals surface area contributed by atoms with Gasteiger partial charge >= 0.3 is 0 Å². The Balaban J connectivity index is 1.55. The third-order valence-corrected chi connectivity index (χ3v) is 4.41. The molecule has 138 valence electrons. The van der Waals surface area contributed by atoms with Gasteiger partial charge in [0.15, 0.2) is 5.78 Å². The van der Waals surface area contributed by atoms with Gasteiger partial charge in [0.25, 0.3) is 0 Å². The number of hydrogen-bond donors (Lipinski definition) is 1. The van der Waals surface area contributed by atoms with Gasteiger partial charge in [0.05, 0.1) is 11.4 Å². The summed E-state index contributed by atoms with van der Waals surface area (Å²) in [5, 5.41) is 7.34. The molecule has 0 atom stereocenters. The van der Waals surface area contributed by atoms with E-state index >= 15 is 0 Å². The number of aromatic nitrogens is 2. The lowest BCUT2D eigenvalue weighted by atomic mass is 10.1.